The molecule has 1 fully saturated rings. The Morgan fingerprint density at radius 3 is 2.62 bits per heavy atom. The van der Waals surface area contributed by atoms with Gasteiger partial charge < -0.3 is 0 Å². The Morgan fingerprint density at radius 1 is 1.28 bits per heavy atom. The number of nitrogens with one attached hydrogen (secondary N) is 1. The second-order valence-corrected chi connectivity index (χ2v) is 10.1. The minimum absolute atomic E-state index is 0.0297. The van der Waals surface area contributed by atoms with Crippen LogP contribution in [0.3, 0.4) is 0 Å². The zero-order valence-corrected chi connectivity index (χ0v) is 18.7. The Hall–Kier alpha value is -2.26. The predicted molar refractivity (Wildman–Crippen MR) is 114 cm³/mol. The summed E-state index contributed by atoms with van der Waals surface area (Å²) >= 11 is -0.0297. The molecule has 0 spiro atoms. The quantitative estimate of drug-likeness (QED) is 0.531. The van der Waals surface area contributed by atoms with E-state index in [1.165, 1.54) is 34.5 Å². The van der Waals surface area contributed by atoms with Crippen LogP contribution in [0.15, 0.2) is 40.8 Å². The fraction of sp³-hybridized carbons (Fsp3) is 0.348. The monoisotopic (exact) mass is 456 g/mol. The van der Waals surface area contributed by atoms with Crippen LogP contribution in [0.1, 0.15) is 37.0 Å². The third-order valence-corrected chi connectivity index (χ3v) is 7.82. The maximum absolute atomic E-state index is 13.4. The van der Waals surface area contributed by atoms with Gasteiger partial charge in [0.25, 0.3) is 0 Å². The molecule has 1 saturated carbocycles. The van der Waals surface area contributed by atoms with Crippen LogP contribution in [0, 0.1) is 11.7 Å². The Bertz CT molecular complexity index is 1040. The van der Waals surface area contributed by atoms with E-state index in [1.807, 2.05) is 26.0 Å². The number of carbonyl (C=O) groups is 1. The Labute approximate surface area is 176 Å². The van der Waals surface area contributed by atoms with Crippen molar-refractivity contribution in [2.75, 3.05) is 7.05 Å². The van der Waals surface area contributed by atoms with Gasteiger partial charge in [-0.1, -0.05) is 0 Å². The van der Waals surface area contributed by atoms with Crippen LogP contribution in [-0.4, -0.2) is 34.8 Å². The summed E-state index contributed by atoms with van der Waals surface area (Å²) in [6.07, 6.45) is 2.70. The molecular weight excluding hydrogens is 432 g/mol. The maximum atomic E-state index is 13.4. The number of halogens is 1. The molecule has 0 unspecified atom stereocenters. The van der Waals surface area contributed by atoms with E-state index in [1.54, 1.807) is 19.2 Å². The number of carbonyl (C=O) groups excluding carboxylic acids is 1. The van der Waals surface area contributed by atoms with Crippen LogP contribution < -0.4 is 14.4 Å². The molecule has 29 heavy (non-hydrogen) atoms. The first-order valence-corrected chi connectivity index (χ1v) is 12.2. The predicted octanol–water partition coefficient (Wildman–Crippen LogP) is 4.54. The molecule has 151 valence electrons. The second-order valence-electron chi connectivity index (χ2n) is 7.66. The Kier molecular flexibility index (Phi) is 5.69. The molecule has 1 N–H and O–H groups in total. The molecule has 0 aliphatic heterocycles. The van der Waals surface area contributed by atoms with E-state index in [-0.39, 0.29) is 33.6 Å². The molecule has 1 heterocycles. The first-order valence-electron chi connectivity index (χ1n) is 9.89. The van der Waals surface area contributed by atoms with Crippen molar-refractivity contribution in [1.29, 1.82) is 0 Å². The van der Waals surface area contributed by atoms with Crippen molar-refractivity contribution < 1.29 is 18.3 Å². The van der Waals surface area contributed by atoms with Crippen molar-refractivity contribution in [2.24, 2.45) is 5.92 Å². The molecule has 1 aliphatic carbocycles. The number of ether oxygens (including phenoxy) is 1. The molecule has 4 rings (SSSR count). The number of hydrogen-bond donors (Lipinski definition) is 1. The molecule has 1 radical (unpaired) electrons. The summed E-state index contributed by atoms with van der Waals surface area (Å²) in [6.45, 7) is 4.01. The molecule has 0 saturated heterocycles. The number of furan rings is 1. The summed E-state index contributed by atoms with van der Waals surface area (Å²) in [6, 6.07) is 9.98. The van der Waals surface area contributed by atoms with Gasteiger partial charge in [0.1, 0.15) is 0 Å². The summed E-state index contributed by atoms with van der Waals surface area (Å²) in [5.74, 6) is 1.57. The van der Waals surface area contributed by atoms with Gasteiger partial charge in [0.15, 0.2) is 0 Å². The summed E-state index contributed by atoms with van der Waals surface area (Å²) in [5.41, 5.74) is 1.79. The number of rotatable bonds is 7. The molecular formula is C23H24AsFNO3. The topological polar surface area (TPSA) is 51.5 Å². The van der Waals surface area contributed by atoms with Crippen molar-refractivity contribution in [3.8, 4) is 17.1 Å². The van der Waals surface area contributed by atoms with E-state index >= 15 is 0 Å². The summed E-state index contributed by atoms with van der Waals surface area (Å²) in [7, 11) is 1.59. The average Bonchev–Trinajstić information content (AvgIpc) is 3.45. The van der Waals surface area contributed by atoms with Crippen molar-refractivity contribution in [1.82, 2.24) is 5.32 Å². The van der Waals surface area contributed by atoms with Crippen molar-refractivity contribution >= 4 is 37.0 Å². The van der Waals surface area contributed by atoms with E-state index in [2.05, 4.69) is 5.32 Å². The zero-order valence-electron chi connectivity index (χ0n) is 16.8. The van der Waals surface area contributed by atoms with Gasteiger partial charge in [0, 0.05) is 0 Å². The van der Waals surface area contributed by atoms with Gasteiger partial charge in [0.05, 0.1) is 0 Å². The van der Waals surface area contributed by atoms with Gasteiger partial charge in [0.2, 0.25) is 0 Å². The minimum atomic E-state index is -0.328. The summed E-state index contributed by atoms with van der Waals surface area (Å²) < 4.78 is 26.8. The number of fused-ring (bicyclic) bond motifs is 1. The third-order valence-electron chi connectivity index (χ3n) is 4.91. The fourth-order valence-corrected chi connectivity index (χ4v) is 6.00. The molecule has 2 aromatic carbocycles. The van der Waals surface area contributed by atoms with Crippen molar-refractivity contribution in [2.45, 2.75) is 38.0 Å². The van der Waals surface area contributed by atoms with Crippen LogP contribution in [0.2, 0.25) is 5.21 Å². The Morgan fingerprint density at radius 2 is 2.00 bits per heavy atom. The number of hydrogen-bond acceptors (Lipinski definition) is 3. The van der Waals surface area contributed by atoms with Crippen LogP contribution in [0.4, 0.5) is 4.39 Å². The zero-order chi connectivity index (χ0) is 20.5. The molecule has 4 nitrogen and oxygen atoms in total. The molecule has 0 bridgehead atoms. The SMILES string of the molecule is CNC(=O)c1c(-c2ccc(F)cc2)oc2cc([As]CC3CC3)c(OC(C)C)cc12. The molecule has 1 aliphatic rings. The number of benzene rings is 2. The number of amides is 1. The molecule has 1 aromatic heterocycles. The molecule has 1 amide bonds. The molecule has 6 heteroatoms. The first kappa shape index (κ1) is 20.0. The van der Waals surface area contributed by atoms with Gasteiger partial charge in [-0.15, -0.1) is 0 Å². The van der Waals surface area contributed by atoms with Crippen molar-refractivity contribution in [3.05, 3.63) is 47.8 Å². The summed E-state index contributed by atoms with van der Waals surface area (Å²) in [5, 5.41) is 4.64. The average molecular weight is 456 g/mol. The van der Waals surface area contributed by atoms with E-state index in [9.17, 15) is 9.18 Å². The van der Waals surface area contributed by atoms with Crippen molar-refractivity contribution in [3.63, 3.8) is 0 Å². The second kappa shape index (κ2) is 8.23. The van der Waals surface area contributed by atoms with Crippen LogP contribution in [0.25, 0.3) is 22.3 Å². The fourth-order valence-electron chi connectivity index (χ4n) is 3.27. The molecule has 0 atom stereocenters. The summed E-state index contributed by atoms with van der Waals surface area (Å²) in [4.78, 5) is 12.7. The van der Waals surface area contributed by atoms with Gasteiger partial charge in [-0.05, 0) is 0 Å². The first-order chi connectivity index (χ1) is 14.0. The van der Waals surface area contributed by atoms with Gasteiger partial charge in [-0.2, -0.15) is 0 Å². The van der Waals surface area contributed by atoms with Gasteiger partial charge >= 0.3 is 176 Å². The van der Waals surface area contributed by atoms with E-state index in [0.29, 0.717) is 22.5 Å². The van der Waals surface area contributed by atoms with Crippen LogP contribution in [-0.2, 0) is 0 Å². The van der Waals surface area contributed by atoms with E-state index < -0.39 is 0 Å². The van der Waals surface area contributed by atoms with E-state index in [4.69, 9.17) is 9.15 Å². The normalized spacial score (nSPS) is 14.2. The van der Waals surface area contributed by atoms with Gasteiger partial charge in [-0.25, -0.2) is 0 Å². The van der Waals surface area contributed by atoms with Crippen LogP contribution >= 0.6 is 0 Å². The van der Waals surface area contributed by atoms with Gasteiger partial charge in [-0.3, -0.25) is 0 Å². The standard InChI is InChI=1S/C23H24AsFNO3/c1-13(2)28-20-10-17-19(11-18(20)24-12-14-4-5-14)29-22(21(17)23(27)26-3)15-6-8-16(25)9-7-15/h6-11,13-14H,4-5,12H2,1-3H3,(H,26,27). The molecule has 3 aromatic rings. The third kappa shape index (κ3) is 4.35. The van der Waals surface area contributed by atoms with Crippen LogP contribution in [0.5, 0.6) is 5.75 Å². The van der Waals surface area contributed by atoms with E-state index in [0.717, 1.165) is 17.1 Å². The Balaban J connectivity index is 1.86.